The largest absolute Gasteiger partial charge is 0.384 e. The Morgan fingerprint density at radius 2 is 1.76 bits per heavy atom. The molecule has 1 atom stereocenters. The SMILES string of the molecule is CCC(CNc1ccnc(-c2ccc(F)cc2)c1-c1ccc(=O)n(-c2ccccc2C)n1)CN1CCCC1. The van der Waals surface area contributed by atoms with Crippen molar-refractivity contribution in [3.63, 3.8) is 0 Å². The fraction of sp³-hybridized carbons (Fsp3) is 0.323. The van der Waals surface area contributed by atoms with Gasteiger partial charge in [-0.05, 0) is 86.8 Å². The lowest BCUT2D eigenvalue weighted by Crippen LogP contribution is -2.30. The van der Waals surface area contributed by atoms with Crippen LogP contribution in [-0.4, -0.2) is 45.8 Å². The fourth-order valence-corrected chi connectivity index (χ4v) is 5.14. The number of anilines is 1. The number of aryl methyl sites for hydroxylation is 1. The standard InChI is InChI=1S/C31H34FN5O/c1-3-23(21-36-18-6-7-19-36)20-34-26-16-17-33-31(24-10-12-25(32)13-11-24)30(26)27-14-15-29(38)37(35-27)28-9-5-4-8-22(28)2/h4-5,8-17,23H,3,6-7,18-21H2,1-2H3,(H,33,34). The van der Waals surface area contributed by atoms with Gasteiger partial charge in [-0.1, -0.05) is 31.5 Å². The number of aromatic nitrogens is 3. The van der Waals surface area contributed by atoms with Crippen molar-refractivity contribution in [3.05, 3.63) is 94.7 Å². The molecule has 1 aliphatic heterocycles. The lowest BCUT2D eigenvalue weighted by molar-refractivity contribution is 0.279. The summed E-state index contributed by atoms with van der Waals surface area (Å²) in [6, 6.07) is 19.3. The predicted molar refractivity (Wildman–Crippen MR) is 151 cm³/mol. The van der Waals surface area contributed by atoms with Crippen LogP contribution in [0.1, 0.15) is 31.7 Å². The number of para-hydroxylation sites is 1. The van der Waals surface area contributed by atoms with Crippen molar-refractivity contribution in [2.24, 2.45) is 5.92 Å². The molecule has 196 valence electrons. The molecule has 1 fully saturated rings. The molecule has 0 spiro atoms. The van der Waals surface area contributed by atoms with E-state index in [9.17, 15) is 9.18 Å². The van der Waals surface area contributed by atoms with Crippen LogP contribution < -0.4 is 10.9 Å². The molecule has 0 bridgehead atoms. The smallest absolute Gasteiger partial charge is 0.271 e. The van der Waals surface area contributed by atoms with Gasteiger partial charge in [0.1, 0.15) is 5.82 Å². The molecule has 1 aliphatic rings. The van der Waals surface area contributed by atoms with E-state index in [1.165, 1.54) is 42.7 Å². The molecule has 6 nitrogen and oxygen atoms in total. The number of nitrogens with one attached hydrogen (secondary N) is 1. The van der Waals surface area contributed by atoms with Crippen molar-refractivity contribution in [2.75, 3.05) is 31.5 Å². The van der Waals surface area contributed by atoms with E-state index in [4.69, 9.17) is 10.1 Å². The third kappa shape index (κ3) is 5.68. The van der Waals surface area contributed by atoms with Crippen LogP contribution in [0.15, 0.2) is 77.7 Å². The van der Waals surface area contributed by atoms with Gasteiger partial charge in [0.15, 0.2) is 0 Å². The first-order chi connectivity index (χ1) is 18.5. The number of benzene rings is 2. The van der Waals surface area contributed by atoms with E-state index in [0.29, 0.717) is 17.3 Å². The van der Waals surface area contributed by atoms with Gasteiger partial charge >= 0.3 is 0 Å². The second-order valence-electron chi connectivity index (χ2n) is 10.0. The maximum atomic E-state index is 13.8. The first kappa shape index (κ1) is 25.8. The van der Waals surface area contributed by atoms with E-state index >= 15 is 0 Å². The summed E-state index contributed by atoms with van der Waals surface area (Å²) in [5.41, 5.74) is 5.25. The molecule has 1 saturated heterocycles. The molecule has 2 aromatic carbocycles. The Balaban J connectivity index is 1.57. The number of likely N-dealkylation sites (tertiary alicyclic amines) is 1. The highest BCUT2D eigenvalue weighted by molar-refractivity contribution is 5.88. The average molecular weight is 512 g/mol. The van der Waals surface area contributed by atoms with Crippen LogP contribution in [0.2, 0.25) is 0 Å². The molecule has 1 N–H and O–H groups in total. The monoisotopic (exact) mass is 511 g/mol. The highest BCUT2D eigenvalue weighted by Gasteiger charge is 2.20. The Kier molecular flexibility index (Phi) is 7.94. The Morgan fingerprint density at radius 3 is 2.50 bits per heavy atom. The molecule has 5 rings (SSSR count). The normalized spacial score (nSPS) is 14.5. The lowest BCUT2D eigenvalue weighted by atomic mass is 10.00. The van der Waals surface area contributed by atoms with Gasteiger partial charge in [-0.25, -0.2) is 4.39 Å². The van der Waals surface area contributed by atoms with Gasteiger partial charge < -0.3 is 10.2 Å². The zero-order chi connectivity index (χ0) is 26.5. The second kappa shape index (κ2) is 11.7. The topological polar surface area (TPSA) is 63.1 Å². The number of hydrogen-bond acceptors (Lipinski definition) is 5. The van der Waals surface area contributed by atoms with Crippen molar-refractivity contribution in [2.45, 2.75) is 33.1 Å². The summed E-state index contributed by atoms with van der Waals surface area (Å²) in [6.07, 6.45) is 5.40. The van der Waals surface area contributed by atoms with Gasteiger partial charge in [0, 0.05) is 36.6 Å². The minimum atomic E-state index is -0.302. The molecule has 0 amide bonds. The van der Waals surface area contributed by atoms with E-state index in [0.717, 1.165) is 47.6 Å². The third-order valence-electron chi connectivity index (χ3n) is 7.34. The van der Waals surface area contributed by atoms with Gasteiger partial charge in [-0.3, -0.25) is 9.78 Å². The van der Waals surface area contributed by atoms with Gasteiger partial charge in [-0.15, -0.1) is 0 Å². The Labute approximate surface area is 223 Å². The number of pyridine rings is 1. The fourth-order valence-electron chi connectivity index (χ4n) is 5.14. The van der Waals surface area contributed by atoms with E-state index in [1.807, 2.05) is 37.3 Å². The van der Waals surface area contributed by atoms with E-state index in [-0.39, 0.29) is 11.4 Å². The summed E-state index contributed by atoms with van der Waals surface area (Å²) >= 11 is 0. The maximum absolute atomic E-state index is 13.8. The first-order valence-electron chi connectivity index (χ1n) is 13.4. The Hall–Kier alpha value is -3.84. The molecule has 0 saturated carbocycles. The van der Waals surface area contributed by atoms with Crippen LogP contribution in [0.3, 0.4) is 0 Å². The summed E-state index contributed by atoms with van der Waals surface area (Å²) in [4.78, 5) is 20.1. The zero-order valence-corrected chi connectivity index (χ0v) is 22.0. The first-order valence-corrected chi connectivity index (χ1v) is 13.4. The van der Waals surface area contributed by atoms with Crippen LogP contribution >= 0.6 is 0 Å². The number of nitrogens with zero attached hydrogens (tertiary/aromatic N) is 4. The minimum Gasteiger partial charge on any atom is -0.384 e. The van der Waals surface area contributed by atoms with Crippen LogP contribution in [0.5, 0.6) is 0 Å². The van der Waals surface area contributed by atoms with Gasteiger partial charge in [0.05, 0.1) is 22.6 Å². The van der Waals surface area contributed by atoms with E-state index < -0.39 is 0 Å². The Bertz CT molecular complexity index is 1440. The predicted octanol–water partition coefficient (Wildman–Crippen LogP) is 5.94. The van der Waals surface area contributed by atoms with Gasteiger partial charge in [-0.2, -0.15) is 9.78 Å². The number of halogens is 1. The molecule has 0 aliphatic carbocycles. The number of rotatable bonds is 9. The van der Waals surface area contributed by atoms with Crippen LogP contribution in [0, 0.1) is 18.7 Å². The zero-order valence-electron chi connectivity index (χ0n) is 22.0. The highest BCUT2D eigenvalue weighted by Crippen LogP contribution is 2.35. The van der Waals surface area contributed by atoms with Crippen molar-refractivity contribution < 1.29 is 4.39 Å². The quantitative estimate of drug-likeness (QED) is 0.301. The van der Waals surface area contributed by atoms with Crippen LogP contribution in [-0.2, 0) is 0 Å². The van der Waals surface area contributed by atoms with Crippen molar-refractivity contribution in [1.29, 1.82) is 0 Å². The van der Waals surface area contributed by atoms with Gasteiger partial charge in [0.25, 0.3) is 5.56 Å². The molecule has 1 unspecified atom stereocenters. The number of hydrogen-bond donors (Lipinski definition) is 1. The molecule has 3 heterocycles. The molecular formula is C31H34FN5O. The minimum absolute atomic E-state index is 0.207. The summed E-state index contributed by atoms with van der Waals surface area (Å²) in [6.45, 7) is 8.43. The van der Waals surface area contributed by atoms with Crippen LogP contribution in [0.25, 0.3) is 28.2 Å². The van der Waals surface area contributed by atoms with Crippen molar-refractivity contribution in [1.82, 2.24) is 19.7 Å². The van der Waals surface area contributed by atoms with E-state index in [1.54, 1.807) is 30.5 Å². The summed E-state index contributed by atoms with van der Waals surface area (Å²) in [7, 11) is 0. The highest BCUT2D eigenvalue weighted by atomic mass is 19.1. The molecule has 38 heavy (non-hydrogen) atoms. The summed E-state index contributed by atoms with van der Waals surface area (Å²) < 4.78 is 15.2. The molecular weight excluding hydrogens is 477 g/mol. The lowest BCUT2D eigenvalue weighted by Gasteiger charge is -2.24. The molecule has 0 radical (unpaired) electrons. The van der Waals surface area contributed by atoms with Gasteiger partial charge in [0.2, 0.25) is 0 Å². The molecule has 2 aromatic heterocycles. The summed E-state index contributed by atoms with van der Waals surface area (Å²) in [5, 5.41) is 8.49. The average Bonchev–Trinajstić information content (AvgIpc) is 3.45. The summed E-state index contributed by atoms with van der Waals surface area (Å²) in [5.74, 6) is 0.195. The molecule has 7 heteroatoms. The second-order valence-corrected chi connectivity index (χ2v) is 10.0. The van der Waals surface area contributed by atoms with Crippen molar-refractivity contribution in [3.8, 4) is 28.2 Å². The maximum Gasteiger partial charge on any atom is 0.271 e. The van der Waals surface area contributed by atoms with Crippen LogP contribution in [0.4, 0.5) is 10.1 Å². The van der Waals surface area contributed by atoms with Crippen molar-refractivity contribution >= 4 is 5.69 Å². The van der Waals surface area contributed by atoms with E-state index in [2.05, 4.69) is 17.1 Å². The third-order valence-corrected chi connectivity index (χ3v) is 7.34. The molecule has 4 aromatic rings. The Morgan fingerprint density at radius 1 is 1.00 bits per heavy atom.